The molecule has 0 atom stereocenters. The van der Waals surface area contributed by atoms with Crippen LogP contribution in [0.25, 0.3) is 0 Å². The number of benzene rings is 1. The molecule has 0 aliphatic rings. The molecule has 0 radical (unpaired) electrons. The molecule has 0 aliphatic heterocycles. The van der Waals surface area contributed by atoms with E-state index in [1.54, 1.807) is 0 Å². The van der Waals surface area contributed by atoms with Gasteiger partial charge in [0.05, 0.1) is 11.3 Å². The Morgan fingerprint density at radius 1 is 1.30 bits per heavy atom. The number of rotatable bonds is 6. The molecule has 0 saturated heterocycles. The Labute approximate surface area is 113 Å². The summed E-state index contributed by atoms with van der Waals surface area (Å²) in [5.41, 5.74) is -0.850. The van der Waals surface area contributed by atoms with Gasteiger partial charge >= 0.3 is 12.0 Å². The molecule has 1 aromatic rings. The molecule has 6 nitrogen and oxygen atoms in total. The lowest BCUT2D eigenvalue weighted by molar-refractivity contribution is 0.0697. The molecule has 8 heteroatoms. The number of urea groups is 1. The SMILES string of the molecule is COCCCNC(=O)Nc1cc(F)c(F)cc1C(=O)O. The lowest BCUT2D eigenvalue weighted by Crippen LogP contribution is -2.30. The van der Waals surface area contributed by atoms with E-state index in [1.807, 2.05) is 0 Å². The van der Waals surface area contributed by atoms with Gasteiger partial charge < -0.3 is 20.5 Å². The number of amides is 2. The van der Waals surface area contributed by atoms with Crippen molar-refractivity contribution in [3.05, 3.63) is 29.3 Å². The first kappa shape index (κ1) is 15.8. The summed E-state index contributed by atoms with van der Waals surface area (Å²) < 4.78 is 30.8. The Morgan fingerprint density at radius 2 is 1.95 bits per heavy atom. The number of carboxylic acids is 1. The van der Waals surface area contributed by atoms with E-state index in [4.69, 9.17) is 9.84 Å². The van der Waals surface area contributed by atoms with Crippen molar-refractivity contribution in [3.8, 4) is 0 Å². The first-order valence-electron chi connectivity index (χ1n) is 5.71. The predicted molar refractivity (Wildman–Crippen MR) is 66.8 cm³/mol. The first-order valence-corrected chi connectivity index (χ1v) is 5.71. The number of nitrogens with one attached hydrogen (secondary N) is 2. The summed E-state index contributed by atoms with van der Waals surface area (Å²) in [7, 11) is 1.51. The molecule has 0 saturated carbocycles. The van der Waals surface area contributed by atoms with Gasteiger partial charge in [0, 0.05) is 26.3 Å². The van der Waals surface area contributed by atoms with Gasteiger partial charge in [-0.3, -0.25) is 0 Å². The van der Waals surface area contributed by atoms with Crippen LogP contribution in [0.4, 0.5) is 19.3 Å². The average Bonchev–Trinajstić information content (AvgIpc) is 2.38. The van der Waals surface area contributed by atoms with E-state index in [2.05, 4.69) is 10.6 Å². The third-order valence-electron chi connectivity index (χ3n) is 2.35. The zero-order valence-electron chi connectivity index (χ0n) is 10.7. The number of carbonyl (C=O) groups is 2. The zero-order valence-corrected chi connectivity index (χ0v) is 10.7. The first-order chi connectivity index (χ1) is 9.45. The molecular weight excluding hydrogens is 274 g/mol. The maximum absolute atomic E-state index is 13.1. The summed E-state index contributed by atoms with van der Waals surface area (Å²) in [4.78, 5) is 22.4. The normalized spacial score (nSPS) is 10.2. The van der Waals surface area contributed by atoms with E-state index in [1.165, 1.54) is 7.11 Å². The fourth-order valence-corrected chi connectivity index (χ4v) is 1.41. The van der Waals surface area contributed by atoms with Crippen LogP contribution in [0.1, 0.15) is 16.8 Å². The molecule has 0 aliphatic carbocycles. The molecule has 0 heterocycles. The highest BCUT2D eigenvalue weighted by Crippen LogP contribution is 2.20. The maximum atomic E-state index is 13.1. The van der Waals surface area contributed by atoms with Gasteiger partial charge in [-0.2, -0.15) is 0 Å². The third kappa shape index (κ3) is 4.47. The van der Waals surface area contributed by atoms with Crippen molar-refractivity contribution in [3.63, 3.8) is 0 Å². The van der Waals surface area contributed by atoms with Crippen molar-refractivity contribution in [1.29, 1.82) is 0 Å². The summed E-state index contributed by atoms with van der Waals surface area (Å²) in [6.45, 7) is 0.748. The van der Waals surface area contributed by atoms with E-state index >= 15 is 0 Å². The van der Waals surface area contributed by atoms with Gasteiger partial charge in [-0.15, -0.1) is 0 Å². The Bertz CT molecular complexity index is 508. The number of carbonyl (C=O) groups excluding carboxylic acids is 1. The van der Waals surface area contributed by atoms with Gasteiger partial charge in [-0.1, -0.05) is 0 Å². The fraction of sp³-hybridized carbons (Fsp3) is 0.333. The van der Waals surface area contributed by atoms with Crippen LogP contribution >= 0.6 is 0 Å². The van der Waals surface area contributed by atoms with Crippen LogP contribution in [-0.2, 0) is 4.74 Å². The van der Waals surface area contributed by atoms with E-state index in [0.717, 1.165) is 0 Å². The number of anilines is 1. The highest BCUT2D eigenvalue weighted by molar-refractivity contribution is 6.00. The molecule has 1 rings (SSSR count). The summed E-state index contributed by atoms with van der Waals surface area (Å²) in [5.74, 6) is -4.02. The van der Waals surface area contributed by atoms with Crippen LogP contribution in [0.5, 0.6) is 0 Å². The molecule has 20 heavy (non-hydrogen) atoms. The summed E-state index contributed by atoms with van der Waals surface area (Å²) in [6.07, 6.45) is 0.563. The van der Waals surface area contributed by atoms with Gasteiger partial charge in [-0.05, 0) is 12.5 Å². The number of hydrogen-bond acceptors (Lipinski definition) is 3. The molecule has 0 bridgehead atoms. The highest BCUT2D eigenvalue weighted by atomic mass is 19.2. The predicted octanol–water partition coefficient (Wildman–Crippen LogP) is 1.82. The summed E-state index contributed by atoms with van der Waals surface area (Å²) in [6, 6.07) is 0.417. The minimum Gasteiger partial charge on any atom is -0.478 e. The van der Waals surface area contributed by atoms with Crippen molar-refractivity contribution >= 4 is 17.7 Å². The summed E-state index contributed by atoms with van der Waals surface area (Å²) in [5, 5.41) is 13.4. The molecule has 110 valence electrons. The molecule has 0 spiro atoms. The van der Waals surface area contributed by atoms with Crippen molar-refractivity contribution in [2.24, 2.45) is 0 Å². The van der Waals surface area contributed by atoms with Crippen LogP contribution in [0.3, 0.4) is 0 Å². The van der Waals surface area contributed by atoms with E-state index in [9.17, 15) is 18.4 Å². The number of halogens is 2. The largest absolute Gasteiger partial charge is 0.478 e. The molecular formula is C12H14F2N2O4. The van der Waals surface area contributed by atoms with Gasteiger partial charge in [0.2, 0.25) is 0 Å². The second kappa shape index (κ2) is 7.39. The van der Waals surface area contributed by atoms with Gasteiger partial charge in [0.1, 0.15) is 0 Å². The lowest BCUT2D eigenvalue weighted by atomic mass is 10.1. The second-order valence-corrected chi connectivity index (χ2v) is 3.84. The molecule has 0 unspecified atom stereocenters. The van der Waals surface area contributed by atoms with E-state index in [0.29, 0.717) is 31.7 Å². The minimum atomic E-state index is -1.47. The topological polar surface area (TPSA) is 87.7 Å². The summed E-state index contributed by atoms with van der Waals surface area (Å²) >= 11 is 0. The Balaban J connectivity index is 2.73. The Hall–Kier alpha value is -2.22. The smallest absolute Gasteiger partial charge is 0.337 e. The molecule has 3 N–H and O–H groups in total. The van der Waals surface area contributed by atoms with E-state index < -0.39 is 29.2 Å². The maximum Gasteiger partial charge on any atom is 0.337 e. The third-order valence-corrected chi connectivity index (χ3v) is 2.35. The van der Waals surface area contributed by atoms with Gasteiger partial charge in [0.25, 0.3) is 0 Å². The number of methoxy groups -OCH3 is 1. The van der Waals surface area contributed by atoms with Crippen LogP contribution in [-0.4, -0.2) is 37.4 Å². The van der Waals surface area contributed by atoms with Crippen molar-refractivity contribution < 1.29 is 28.2 Å². The van der Waals surface area contributed by atoms with Crippen LogP contribution in [0.15, 0.2) is 12.1 Å². The number of carboxylic acid groups (broad SMARTS) is 1. The minimum absolute atomic E-state index is 0.297. The standard InChI is InChI=1S/C12H14F2N2O4/c1-20-4-2-3-15-12(19)16-10-6-9(14)8(13)5-7(10)11(17)18/h5-6H,2-4H2,1H3,(H,17,18)(H2,15,16,19). The second-order valence-electron chi connectivity index (χ2n) is 3.84. The van der Waals surface area contributed by atoms with E-state index in [-0.39, 0.29) is 5.69 Å². The van der Waals surface area contributed by atoms with Gasteiger partial charge in [-0.25, -0.2) is 18.4 Å². The monoisotopic (exact) mass is 288 g/mol. The number of ether oxygens (including phenoxy) is 1. The quantitative estimate of drug-likeness (QED) is 0.697. The Morgan fingerprint density at radius 3 is 2.55 bits per heavy atom. The molecule has 1 aromatic carbocycles. The molecule has 0 aromatic heterocycles. The average molecular weight is 288 g/mol. The Kier molecular flexibility index (Phi) is 5.85. The zero-order chi connectivity index (χ0) is 15.1. The fourth-order valence-electron chi connectivity index (χ4n) is 1.41. The van der Waals surface area contributed by atoms with Crippen molar-refractivity contribution in [2.75, 3.05) is 25.6 Å². The van der Waals surface area contributed by atoms with Crippen molar-refractivity contribution in [2.45, 2.75) is 6.42 Å². The van der Waals surface area contributed by atoms with Gasteiger partial charge in [0.15, 0.2) is 11.6 Å². The molecule has 0 fully saturated rings. The van der Waals surface area contributed by atoms with Crippen LogP contribution in [0.2, 0.25) is 0 Å². The molecule has 2 amide bonds. The van der Waals surface area contributed by atoms with Crippen LogP contribution < -0.4 is 10.6 Å². The lowest BCUT2D eigenvalue weighted by Gasteiger charge is -2.10. The number of aromatic carboxylic acids is 1. The number of hydrogen-bond donors (Lipinski definition) is 3. The van der Waals surface area contributed by atoms with Crippen molar-refractivity contribution in [1.82, 2.24) is 5.32 Å². The van der Waals surface area contributed by atoms with Crippen LogP contribution in [0, 0.1) is 11.6 Å². The highest BCUT2D eigenvalue weighted by Gasteiger charge is 2.16.